The molecule has 0 radical (unpaired) electrons. The number of benzene rings is 1. The van der Waals surface area contributed by atoms with Gasteiger partial charge in [-0.05, 0) is 43.0 Å². The Morgan fingerprint density at radius 2 is 1.87 bits per heavy atom. The van der Waals surface area contributed by atoms with Crippen LogP contribution in [0.15, 0.2) is 18.2 Å². The highest BCUT2D eigenvalue weighted by molar-refractivity contribution is 5.38. The standard InChI is InChI=1S/C13H20O2/c1-5-13(14,6-2)12-8-7-11(15-4)9-10(12)3/h7-9,14H,5-6H2,1-4H3. The van der Waals surface area contributed by atoms with Gasteiger partial charge in [-0.3, -0.25) is 0 Å². The average molecular weight is 208 g/mol. The molecule has 0 aliphatic rings. The normalized spacial score (nSPS) is 11.5. The van der Waals surface area contributed by atoms with Gasteiger partial charge >= 0.3 is 0 Å². The molecule has 0 spiro atoms. The Bertz CT molecular complexity index is 327. The van der Waals surface area contributed by atoms with E-state index in [1.54, 1.807) is 7.11 Å². The molecule has 1 rings (SSSR count). The summed E-state index contributed by atoms with van der Waals surface area (Å²) in [5.41, 5.74) is 1.39. The maximum Gasteiger partial charge on any atom is 0.119 e. The molecule has 2 nitrogen and oxygen atoms in total. The van der Waals surface area contributed by atoms with E-state index in [4.69, 9.17) is 4.74 Å². The lowest BCUT2D eigenvalue weighted by Gasteiger charge is -2.27. The minimum Gasteiger partial charge on any atom is -0.497 e. The molecule has 0 saturated carbocycles. The summed E-state index contributed by atoms with van der Waals surface area (Å²) in [5.74, 6) is 0.839. The van der Waals surface area contributed by atoms with Crippen LogP contribution in [0, 0.1) is 6.92 Å². The second kappa shape index (κ2) is 4.67. The van der Waals surface area contributed by atoms with E-state index in [0.717, 1.165) is 29.7 Å². The van der Waals surface area contributed by atoms with Crippen LogP contribution in [0.1, 0.15) is 37.8 Å². The lowest BCUT2D eigenvalue weighted by atomic mass is 9.86. The van der Waals surface area contributed by atoms with Gasteiger partial charge in [0, 0.05) is 0 Å². The zero-order chi connectivity index (χ0) is 11.5. The number of rotatable bonds is 4. The summed E-state index contributed by atoms with van der Waals surface area (Å²) in [6, 6.07) is 5.82. The molecule has 0 bridgehead atoms. The fraction of sp³-hybridized carbons (Fsp3) is 0.538. The lowest BCUT2D eigenvalue weighted by molar-refractivity contribution is 0.0277. The molecule has 15 heavy (non-hydrogen) atoms. The summed E-state index contributed by atoms with van der Waals surface area (Å²) in [4.78, 5) is 0. The predicted molar refractivity (Wildman–Crippen MR) is 62.2 cm³/mol. The minimum atomic E-state index is -0.698. The van der Waals surface area contributed by atoms with Crippen LogP contribution in [0.5, 0.6) is 5.75 Å². The molecule has 84 valence electrons. The first-order valence-corrected chi connectivity index (χ1v) is 5.45. The Hall–Kier alpha value is -1.02. The van der Waals surface area contributed by atoms with E-state index in [9.17, 15) is 5.11 Å². The van der Waals surface area contributed by atoms with Crippen molar-refractivity contribution in [2.24, 2.45) is 0 Å². The molecule has 1 aromatic rings. The zero-order valence-electron chi connectivity index (χ0n) is 10.0. The van der Waals surface area contributed by atoms with Crippen LogP contribution in [0.2, 0.25) is 0 Å². The fourth-order valence-electron chi connectivity index (χ4n) is 1.92. The zero-order valence-corrected chi connectivity index (χ0v) is 10.0. The Kier molecular flexibility index (Phi) is 3.75. The topological polar surface area (TPSA) is 29.5 Å². The van der Waals surface area contributed by atoms with Crippen molar-refractivity contribution < 1.29 is 9.84 Å². The lowest BCUT2D eigenvalue weighted by Crippen LogP contribution is -2.24. The van der Waals surface area contributed by atoms with Crippen molar-refractivity contribution in [2.45, 2.75) is 39.2 Å². The van der Waals surface area contributed by atoms with Gasteiger partial charge in [0.1, 0.15) is 5.75 Å². The van der Waals surface area contributed by atoms with Gasteiger partial charge in [-0.15, -0.1) is 0 Å². The van der Waals surface area contributed by atoms with E-state index in [-0.39, 0.29) is 0 Å². The molecule has 0 unspecified atom stereocenters. The molecule has 2 heteroatoms. The average Bonchev–Trinajstić information content (AvgIpc) is 2.27. The van der Waals surface area contributed by atoms with Gasteiger partial charge in [-0.25, -0.2) is 0 Å². The molecule has 0 amide bonds. The molecular weight excluding hydrogens is 188 g/mol. The van der Waals surface area contributed by atoms with Gasteiger partial charge in [0.05, 0.1) is 12.7 Å². The van der Waals surface area contributed by atoms with Crippen molar-refractivity contribution in [3.63, 3.8) is 0 Å². The van der Waals surface area contributed by atoms with E-state index in [1.807, 2.05) is 39.0 Å². The molecule has 0 heterocycles. The van der Waals surface area contributed by atoms with Gasteiger partial charge in [0.15, 0.2) is 0 Å². The quantitative estimate of drug-likeness (QED) is 0.824. The summed E-state index contributed by atoms with van der Waals surface area (Å²) < 4.78 is 5.15. The molecule has 0 fully saturated rings. The van der Waals surface area contributed by atoms with Gasteiger partial charge in [0.25, 0.3) is 0 Å². The van der Waals surface area contributed by atoms with Crippen LogP contribution in [-0.4, -0.2) is 12.2 Å². The van der Waals surface area contributed by atoms with E-state index in [1.165, 1.54) is 0 Å². The summed E-state index contributed by atoms with van der Waals surface area (Å²) in [7, 11) is 1.65. The van der Waals surface area contributed by atoms with Gasteiger partial charge in [0.2, 0.25) is 0 Å². The van der Waals surface area contributed by atoms with Crippen molar-refractivity contribution in [1.29, 1.82) is 0 Å². The molecular formula is C13H20O2. The van der Waals surface area contributed by atoms with Crippen molar-refractivity contribution in [3.8, 4) is 5.75 Å². The number of ether oxygens (including phenoxy) is 1. The van der Waals surface area contributed by atoms with E-state index in [0.29, 0.717) is 0 Å². The molecule has 1 N–H and O–H groups in total. The van der Waals surface area contributed by atoms with E-state index < -0.39 is 5.60 Å². The number of hydrogen-bond acceptors (Lipinski definition) is 2. The summed E-state index contributed by atoms with van der Waals surface area (Å²) in [6.07, 6.45) is 1.47. The Morgan fingerprint density at radius 3 is 2.27 bits per heavy atom. The van der Waals surface area contributed by atoms with Crippen molar-refractivity contribution in [3.05, 3.63) is 29.3 Å². The fourth-order valence-corrected chi connectivity index (χ4v) is 1.92. The molecule has 1 aromatic carbocycles. The number of aliphatic hydroxyl groups is 1. The first-order valence-electron chi connectivity index (χ1n) is 5.45. The molecule has 0 saturated heterocycles. The number of aryl methyl sites for hydroxylation is 1. The van der Waals surface area contributed by atoms with Crippen molar-refractivity contribution in [1.82, 2.24) is 0 Å². The molecule has 0 aliphatic carbocycles. The van der Waals surface area contributed by atoms with Gasteiger partial charge in [-0.2, -0.15) is 0 Å². The third kappa shape index (κ3) is 2.32. The number of methoxy groups -OCH3 is 1. The second-order valence-corrected chi connectivity index (χ2v) is 3.92. The maximum atomic E-state index is 10.4. The summed E-state index contributed by atoms with van der Waals surface area (Å²) in [5, 5.41) is 10.4. The SMILES string of the molecule is CCC(O)(CC)c1ccc(OC)cc1C. The van der Waals surface area contributed by atoms with Crippen LogP contribution < -0.4 is 4.74 Å². The van der Waals surface area contributed by atoms with Crippen molar-refractivity contribution >= 4 is 0 Å². The van der Waals surface area contributed by atoms with Gasteiger partial charge in [-0.1, -0.05) is 19.9 Å². The summed E-state index contributed by atoms with van der Waals surface area (Å²) in [6.45, 7) is 6.02. The second-order valence-electron chi connectivity index (χ2n) is 3.92. The van der Waals surface area contributed by atoms with Crippen LogP contribution in [0.4, 0.5) is 0 Å². The maximum absolute atomic E-state index is 10.4. The van der Waals surface area contributed by atoms with E-state index >= 15 is 0 Å². The summed E-state index contributed by atoms with van der Waals surface area (Å²) >= 11 is 0. The number of hydrogen-bond donors (Lipinski definition) is 1. The van der Waals surface area contributed by atoms with Crippen LogP contribution in [0.25, 0.3) is 0 Å². The van der Waals surface area contributed by atoms with Crippen LogP contribution >= 0.6 is 0 Å². The Balaban J connectivity index is 3.14. The molecule has 0 aliphatic heterocycles. The smallest absolute Gasteiger partial charge is 0.119 e. The monoisotopic (exact) mass is 208 g/mol. The highest BCUT2D eigenvalue weighted by Gasteiger charge is 2.26. The Morgan fingerprint density at radius 1 is 1.27 bits per heavy atom. The highest BCUT2D eigenvalue weighted by atomic mass is 16.5. The minimum absolute atomic E-state index is 0.698. The van der Waals surface area contributed by atoms with Gasteiger partial charge < -0.3 is 9.84 Å². The highest BCUT2D eigenvalue weighted by Crippen LogP contribution is 2.32. The Labute approximate surface area is 91.9 Å². The first-order chi connectivity index (χ1) is 7.07. The molecule has 0 aromatic heterocycles. The third-order valence-electron chi connectivity index (χ3n) is 3.10. The van der Waals surface area contributed by atoms with Crippen LogP contribution in [0.3, 0.4) is 0 Å². The van der Waals surface area contributed by atoms with E-state index in [2.05, 4.69) is 0 Å². The largest absolute Gasteiger partial charge is 0.497 e. The van der Waals surface area contributed by atoms with Crippen LogP contribution in [-0.2, 0) is 5.60 Å². The van der Waals surface area contributed by atoms with Crippen molar-refractivity contribution in [2.75, 3.05) is 7.11 Å². The first kappa shape index (κ1) is 12.1. The predicted octanol–water partition coefficient (Wildman–Crippen LogP) is 3.01. The third-order valence-corrected chi connectivity index (χ3v) is 3.10. The molecule has 0 atom stereocenters.